The molecule has 15 heteroatoms. The van der Waals surface area contributed by atoms with Crippen LogP contribution < -0.4 is 11.1 Å². The number of hydrazine groups is 1. The minimum atomic E-state index is -0.351. The zero-order valence-corrected chi connectivity index (χ0v) is 39.1. The molecule has 0 atom stereocenters. The molecule has 3 aromatic carbocycles. The van der Waals surface area contributed by atoms with Gasteiger partial charge in [-0.05, 0) is 135 Å². The van der Waals surface area contributed by atoms with Gasteiger partial charge >= 0.3 is 7.12 Å². The van der Waals surface area contributed by atoms with E-state index in [1.54, 1.807) is 6.08 Å². The number of hydrogen-bond donors (Lipinski definition) is 3. The molecular formula is C42H56BBr2ClN4O7. The number of benzene rings is 3. The molecule has 0 unspecified atom stereocenters. The molecule has 3 heterocycles. The summed E-state index contributed by atoms with van der Waals surface area (Å²) < 4.78 is 14.4. The third-order valence-corrected chi connectivity index (χ3v) is 11.4. The zero-order valence-electron chi connectivity index (χ0n) is 35.2. The molecule has 3 aliphatic rings. The first-order chi connectivity index (χ1) is 26.3. The highest BCUT2D eigenvalue weighted by Gasteiger charge is 2.52. The fourth-order valence-electron chi connectivity index (χ4n) is 5.51. The van der Waals surface area contributed by atoms with Gasteiger partial charge in [-0.15, -0.1) is 0 Å². The largest absolute Gasteiger partial charge is 0.495 e. The van der Waals surface area contributed by atoms with Crippen molar-refractivity contribution in [1.29, 1.82) is 0 Å². The second kappa shape index (κ2) is 19.9. The van der Waals surface area contributed by atoms with Gasteiger partial charge in [0.1, 0.15) is 11.2 Å². The fraction of sp³-hybridized carbons (Fsp3) is 0.452. The fourth-order valence-corrected chi connectivity index (χ4v) is 6.27. The molecule has 0 bridgehead atoms. The second-order valence-corrected chi connectivity index (χ2v) is 18.7. The van der Waals surface area contributed by atoms with Crippen LogP contribution in [0.2, 0.25) is 0 Å². The smallest absolute Gasteiger partial charge is 0.399 e. The summed E-state index contributed by atoms with van der Waals surface area (Å²) in [7, 11) is -0.351. The number of oxime groups is 2. The molecule has 0 saturated carbocycles. The Hall–Kier alpha value is -2.92. The Morgan fingerprint density at radius 2 is 1.19 bits per heavy atom. The maximum Gasteiger partial charge on any atom is 0.495 e. The third kappa shape index (κ3) is 14.1. The maximum atomic E-state index is 11.6. The molecular weight excluding hydrogens is 879 g/mol. The lowest BCUT2D eigenvalue weighted by Gasteiger charge is -2.32. The van der Waals surface area contributed by atoms with Crippen LogP contribution >= 0.6 is 43.6 Å². The van der Waals surface area contributed by atoms with Crippen molar-refractivity contribution in [3.8, 4) is 0 Å². The first kappa shape index (κ1) is 48.5. The summed E-state index contributed by atoms with van der Waals surface area (Å²) in [5.41, 5.74) is 10.7. The lowest BCUT2D eigenvalue weighted by atomic mass is 9.75. The monoisotopic (exact) mass is 932 g/mol. The van der Waals surface area contributed by atoms with Crippen LogP contribution in [0.1, 0.15) is 120 Å². The van der Waals surface area contributed by atoms with Crippen molar-refractivity contribution in [3.05, 3.63) is 109 Å². The molecule has 57 heavy (non-hydrogen) atoms. The van der Waals surface area contributed by atoms with Gasteiger partial charge in [-0.25, -0.2) is 0 Å². The first-order valence-electron chi connectivity index (χ1n) is 18.5. The minimum Gasteiger partial charge on any atom is -0.399 e. The first-order valence-corrected chi connectivity index (χ1v) is 20.4. The highest BCUT2D eigenvalue weighted by Crippen LogP contribution is 2.37. The number of allylic oxidation sites excluding steroid dienone is 2. The number of ketones is 1. The van der Waals surface area contributed by atoms with Gasteiger partial charge in [0, 0.05) is 44.7 Å². The van der Waals surface area contributed by atoms with Crippen LogP contribution in [0.15, 0.2) is 85.5 Å². The number of carbonyl (C=O) groups excluding carboxylic acids is 1. The molecule has 0 spiro atoms. The van der Waals surface area contributed by atoms with Crippen molar-refractivity contribution < 1.29 is 34.2 Å². The molecule has 310 valence electrons. The molecule has 1 fully saturated rings. The molecule has 3 N–H and O–H groups in total. The van der Waals surface area contributed by atoms with Crippen LogP contribution in [-0.4, -0.2) is 61.8 Å². The number of aryl methyl sites for hydroxylation is 3. The van der Waals surface area contributed by atoms with Gasteiger partial charge in [0.2, 0.25) is 0 Å². The van der Waals surface area contributed by atoms with Gasteiger partial charge in [-0.2, -0.15) is 0 Å². The van der Waals surface area contributed by atoms with Gasteiger partial charge in [-0.3, -0.25) is 15.2 Å². The molecule has 0 radical (unpaired) electrons. The predicted molar refractivity (Wildman–Crippen MR) is 235 cm³/mol. The number of nitrogens with one attached hydrogen (secondary N) is 1. The summed E-state index contributed by atoms with van der Waals surface area (Å²) in [5, 5.41) is 23.4. The van der Waals surface area contributed by atoms with Gasteiger partial charge in [0.05, 0.1) is 22.6 Å². The number of halogens is 3. The lowest BCUT2D eigenvalue weighted by molar-refractivity contribution is -0.142. The minimum absolute atomic E-state index is 0.0608. The van der Waals surface area contributed by atoms with Crippen LogP contribution in [0.3, 0.4) is 0 Å². The van der Waals surface area contributed by atoms with E-state index in [0.717, 1.165) is 72.1 Å². The molecule has 1 saturated heterocycles. The quantitative estimate of drug-likeness (QED) is 0.0726. The van der Waals surface area contributed by atoms with Crippen molar-refractivity contribution >= 4 is 73.4 Å². The van der Waals surface area contributed by atoms with E-state index < -0.39 is 0 Å². The standard InChI is InChI=1S/C18H26BNO3.C12H14BrNO.C12H13BrO.ClH3N2O2/c1-12-8-9-13(15-11-16(2,3)23-20-15)10-14(12)19-21-17(4,5)18(6,7)22-19;1-8-4-5-9(6-10(8)13)11-7-12(2,3)15-14-11;1-8(2)6-12(14)10-5-4-9(3)11(13)7-10;1-3(5)2-4/h8-10H,11H2,1-7H3;4-6H,7H2,1-3H3;4-7H,1-3H3;2,4-5H. The molecule has 6 rings (SSSR count). The molecule has 3 aromatic rings. The number of rotatable bonds is 6. The Bertz CT molecular complexity index is 1980. The number of hydrogen-bond acceptors (Lipinski definition) is 11. The Morgan fingerprint density at radius 3 is 1.58 bits per heavy atom. The molecule has 0 aliphatic carbocycles. The Kier molecular flexibility index (Phi) is 16.9. The van der Waals surface area contributed by atoms with Crippen LogP contribution in [-0.2, 0) is 19.0 Å². The summed E-state index contributed by atoms with van der Waals surface area (Å²) in [6.45, 7) is 26.5. The van der Waals surface area contributed by atoms with Gasteiger partial charge in [0.25, 0.3) is 0 Å². The van der Waals surface area contributed by atoms with E-state index in [-0.39, 0.29) is 40.0 Å². The molecule has 11 nitrogen and oxygen atoms in total. The lowest BCUT2D eigenvalue weighted by Crippen LogP contribution is -2.41. The van der Waals surface area contributed by atoms with Gasteiger partial charge < -0.3 is 19.0 Å². The highest BCUT2D eigenvalue weighted by molar-refractivity contribution is 9.10. The van der Waals surface area contributed by atoms with Crippen molar-refractivity contribution in [2.75, 3.05) is 0 Å². The maximum absolute atomic E-state index is 11.6. The highest BCUT2D eigenvalue weighted by atomic mass is 79.9. The summed E-state index contributed by atoms with van der Waals surface area (Å²) >= 11 is 11.4. The van der Waals surface area contributed by atoms with Crippen molar-refractivity contribution in [2.24, 2.45) is 10.3 Å². The number of nitrogens with zero attached hydrogens (tertiary/aromatic N) is 3. The SMILES string of the molecule is CC(C)=CC(=O)c1ccc(C)c(Br)c1.Cc1ccc(C2=NOC(C)(C)C2)cc1B1OC(C)(C)C(C)(C)O1.Cc1ccc(C2=NOC(C)(C)C2)cc1Br.ONN(O)Cl. The summed E-state index contributed by atoms with van der Waals surface area (Å²) in [6.07, 6.45) is 3.32. The van der Waals surface area contributed by atoms with Gasteiger partial charge in [0.15, 0.2) is 5.78 Å². The topological polar surface area (TPSA) is 134 Å². The van der Waals surface area contributed by atoms with E-state index in [1.807, 2.05) is 66.7 Å². The molecule has 0 amide bonds. The van der Waals surface area contributed by atoms with Crippen LogP contribution in [0.25, 0.3) is 0 Å². The van der Waals surface area contributed by atoms with Crippen molar-refractivity contribution in [1.82, 2.24) is 10.3 Å². The van der Waals surface area contributed by atoms with Crippen LogP contribution in [0.4, 0.5) is 0 Å². The van der Waals surface area contributed by atoms with E-state index in [4.69, 9.17) is 29.4 Å². The predicted octanol–water partition coefficient (Wildman–Crippen LogP) is 10.5. The van der Waals surface area contributed by atoms with Crippen molar-refractivity contribution in [3.63, 3.8) is 0 Å². The summed E-state index contributed by atoms with van der Waals surface area (Å²) in [6, 6.07) is 18.2. The van der Waals surface area contributed by atoms with E-state index in [0.29, 0.717) is 0 Å². The second-order valence-electron chi connectivity index (χ2n) is 16.7. The van der Waals surface area contributed by atoms with Crippen LogP contribution in [0, 0.1) is 20.8 Å². The van der Waals surface area contributed by atoms with E-state index in [9.17, 15) is 4.79 Å². The van der Waals surface area contributed by atoms with E-state index in [1.165, 1.54) is 11.2 Å². The average Bonchev–Trinajstić information content (AvgIpc) is 3.74. The summed E-state index contributed by atoms with van der Waals surface area (Å²) in [4.78, 5) is 22.5. The third-order valence-electron chi connectivity index (χ3n) is 9.58. The van der Waals surface area contributed by atoms with Crippen molar-refractivity contribution in [2.45, 2.75) is 125 Å². The van der Waals surface area contributed by atoms with Gasteiger partial charge in [-0.1, -0.05) is 101 Å². The Morgan fingerprint density at radius 1 is 0.772 bits per heavy atom. The number of carbonyl (C=O) groups is 1. The Balaban J connectivity index is 0.000000224. The average molecular weight is 935 g/mol. The van der Waals surface area contributed by atoms with E-state index >= 15 is 0 Å². The van der Waals surface area contributed by atoms with E-state index in [2.05, 4.69) is 132 Å². The molecule has 3 aliphatic heterocycles. The Labute approximate surface area is 360 Å². The summed E-state index contributed by atoms with van der Waals surface area (Å²) in [5.74, 6) is 0.0608. The molecule has 0 aromatic heterocycles. The normalized spacial score (nSPS) is 18.0. The van der Waals surface area contributed by atoms with Crippen LogP contribution in [0.5, 0.6) is 0 Å². The zero-order chi connectivity index (χ0) is 43.1.